The van der Waals surface area contributed by atoms with Crippen LogP contribution in [0.1, 0.15) is 98.5 Å². The number of nitrogens with one attached hydrogen (secondary N) is 2. The number of ether oxygens (including phenoxy) is 1. The summed E-state index contributed by atoms with van der Waals surface area (Å²) >= 11 is 7.94. The second-order valence-corrected chi connectivity index (χ2v) is 15.3. The number of halogens is 4. The number of amides is 3. The molecule has 2 rings (SSSR count). The highest BCUT2D eigenvalue weighted by molar-refractivity contribution is 14.1. The maximum absolute atomic E-state index is 13.8. The number of ketones is 3. The van der Waals surface area contributed by atoms with Crippen LogP contribution in [0.15, 0.2) is 0 Å². The molecule has 268 valence electrons. The Kier molecular flexibility index (Phi) is 18.5. The zero-order valence-electron chi connectivity index (χ0n) is 27.9. The molecule has 0 spiro atoms. The molecule has 0 radical (unpaired) electrons. The molecule has 0 heterocycles. The quantitative estimate of drug-likeness (QED) is 0.0844. The smallest absolute Gasteiger partial charge is 0.253 e. The number of carbonyl (C=O) groups is 6. The summed E-state index contributed by atoms with van der Waals surface area (Å²) in [5.74, 6) is -2.07. The lowest BCUT2D eigenvalue weighted by Gasteiger charge is -2.25. The van der Waals surface area contributed by atoms with E-state index in [1.165, 1.54) is 11.8 Å². The van der Waals surface area contributed by atoms with Crippen molar-refractivity contribution in [3.05, 3.63) is 47.7 Å². The fraction of sp³-hybridized carbons (Fsp3) is 0.455. The van der Waals surface area contributed by atoms with E-state index in [1.807, 2.05) is 90.4 Å². The van der Waals surface area contributed by atoms with Crippen molar-refractivity contribution in [2.24, 2.45) is 5.73 Å². The molecule has 16 heteroatoms. The Morgan fingerprint density at radius 2 is 1.39 bits per heavy atom. The van der Waals surface area contributed by atoms with Crippen molar-refractivity contribution in [1.82, 2.24) is 5.32 Å². The number of aliphatic hydroxyl groups is 1. The van der Waals surface area contributed by atoms with Crippen LogP contribution in [0.2, 0.25) is 0 Å². The van der Waals surface area contributed by atoms with Crippen LogP contribution in [-0.4, -0.2) is 80.1 Å². The summed E-state index contributed by atoms with van der Waals surface area (Å²) in [5, 5.41) is 14.9. The van der Waals surface area contributed by atoms with Gasteiger partial charge in [-0.15, -0.1) is 0 Å². The van der Waals surface area contributed by atoms with E-state index in [-0.39, 0.29) is 97.5 Å². The third-order valence-corrected chi connectivity index (χ3v) is 11.9. The standard InChI is InChI=1S/C33H40I4N4O8/c1-6-19(44)25-27(34)24(17(3)32(30(25)37)41(5)18(4)43)21(46)9-10-22(47)40-31-16(2)23(20(45)8-7-13-42)28(35)26(29(31)36)33(48)39-12-15-49-14-11-38/h42H,6-15,38H2,1-5H3,(H,39,48)(H,40,47). The minimum absolute atomic E-state index is 0.0428. The van der Waals surface area contributed by atoms with Crippen LogP contribution in [0.25, 0.3) is 0 Å². The van der Waals surface area contributed by atoms with Crippen molar-refractivity contribution in [3.63, 3.8) is 0 Å². The molecular formula is C33H40I4N4O8. The Morgan fingerprint density at radius 1 is 0.796 bits per heavy atom. The molecule has 0 fully saturated rings. The van der Waals surface area contributed by atoms with Gasteiger partial charge in [0.15, 0.2) is 17.3 Å². The number of hydrogen-bond acceptors (Lipinski definition) is 9. The Bertz CT molecular complexity index is 1650. The van der Waals surface area contributed by atoms with Gasteiger partial charge >= 0.3 is 0 Å². The minimum Gasteiger partial charge on any atom is -0.396 e. The zero-order valence-corrected chi connectivity index (χ0v) is 36.5. The summed E-state index contributed by atoms with van der Waals surface area (Å²) in [4.78, 5) is 80.6. The van der Waals surface area contributed by atoms with Crippen LogP contribution in [0.4, 0.5) is 11.4 Å². The topological polar surface area (TPSA) is 185 Å². The van der Waals surface area contributed by atoms with Crippen LogP contribution in [0, 0.1) is 28.1 Å². The largest absolute Gasteiger partial charge is 0.396 e. The first-order chi connectivity index (χ1) is 23.1. The summed E-state index contributed by atoms with van der Waals surface area (Å²) in [5.41, 5.74) is 8.30. The fourth-order valence-corrected chi connectivity index (χ4v) is 10.9. The first-order valence-electron chi connectivity index (χ1n) is 15.4. The summed E-state index contributed by atoms with van der Waals surface area (Å²) in [6.07, 6.45) is 0.0433. The highest BCUT2D eigenvalue weighted by Crippen LogP contribution is 2.38. The van der Waals surface area contributed by atoms with Gasteiger partial charge in [-0.3, -0.25) is 28.8 Å². The van der Waals surface area contributed by atoms with Gasteiger partial charge in [0.25, 0.3) is 5.91 Å². The van der Waals surface area contributed by atoms with Crippen LogP contribution >= 0.6 is 90.4 Å². The van der Waals surface area contributed by atoms with Crippen LogP contribution in [0.5, 0.6) is 0 Å². The van der Waals surface area contributed by atoms with E-state index < -0.39 is 11.8 Å². The summed E-state index contributed by atoms with van der Waals surface area (Å²) in [6.45, 7) is 7.45. The van der Waals surface area contributed by atoms with Crippen molar-refractivity contribution < 1.29 is 38.6 Å². The van der Waals surface area contributed by atoms with Crippen molar-refractivity contribution in [3.8, 4) is 0 Å². The van der Waals surface area contributed by atoms with Crippen LogP contribution < -0.4 is 21.3 Å². The fourth-order valence-electron chi connectivity index (χ4n) is 5.01. The molecule has 0 saturated heterocycles. The van der Waals surface area contributed by atoms with Gasteiger partial charge in [0.2, 0.25) is 11.8 Å². The van der Waals surface area contributed by atoms with Gasteiger partial charge < -0.3 is 31.1 Å². The lowest BCUT2D eigenvalue weighted by Crippen LogP contribution is -2.30. The predicted octanol–water partition coefficient (Wildman–Crippen LogP) is 5.56. The van der Waals surface area contributed by atoms with Crippen LogP contribution in [0.3, 0.4) is 0 Å². The molecule has 0 bridgehead atoms. The Balaban J connectivity index is 2.50. The predicted molar refractivity (Wildman–Crippen MR) is 222 cm³/mol. The van der Waals surface area contributed by atoms with Gasteiger partial charge in [0.05, 0.1) is 33.7 Å². The summed E-state index contributed by atoms with van der Waals surface area (Å²) in [6, 6.07) is 0. The molecule has 5 N–H and O–H groups in total. The van der Waals surface area contributed by atoms with E-state index in [4.69, 9.17) is 10.5 Å². The van der Waals surface area contributed by atoms with Gasteiger partial charge in [-0.1, -0.05) is 6.92 Å². The Morgan fingerprint density at radius 3 is 1.96 bits per heavy atom. The first kappa shape index (κ1) is 43.8. The van der Waals surface area contributed by atoms with Gasteiger partial charge in [-0.2, -0.15) is 0 Å². The number of aliphatic hydroxyl groups excluding tert-OH is 1. The number of nitrogens with two attached hydrogens (primary N) is 1. The number of rotatable bonds is 18. The number of benzene rings is 2. The zero-order chi connectivity index (χ0) is 37.2. The average Bonchev–Trinajstić information content (AvgIpc) is 3.04. The third kappa shape index (κ3) is 10.8. The highest BCUT2D eigenvalue weighted by atomic mass is 127. The maximum atomic E-state index is 13.8. The lowest BCUT2D eigenvalue weighted by molar-refractivity contribution is -0.117. The Hall–Kier alpha value is -1.34. The molecule has 0 saturated carbocycles. The van der Waals surface area contributed by atoms with Gasteiger partial charge in [0, 0.05) is 86.8 Å². The lowest BCUT2D eigenvalue weighted by atomic mass is 9.94. The summed E-state index contributed by atoms with van der Waals surface area (Å²) in [7, 11) is 1.58. The van der Waals surface area contributed by atoms with E-state index in [1.54, 1.807) is 27.8 Å². The van der Waals surface area contributed by atoms with Crippen molar-refractivity contribution in [1.29, 1.82) is 0 Å². The molecular weight excluding hydrogens is 1090 g/mol. The van der Waals surface area contributed by atoms with Crippen LogP contribution in [-0.2, 0) is 14.3 Å². The van der Waals surface area contributed by atoms with Gasteiger partial charge in [-0.25, -0.2) is 0 Å². The normalized spacial score (nSPS) is 10.9. The number of carbonyl (C=O) groups excluding carboxylic acids is 6. The van der Waals surface area contributed by atoms with E-state index in [0.717, 1.165) is 0 Å². The van der Waals surface area contributed by atoms with Crippen molar-refractivity contribution in [2.45, 2.75) is 59.8 Å². The molecule has 12 nitrogen and oxygen atoms in total. The van der Waals surface area contributed by atoms with Gasteiger partial charge in [0.1, 0.15) is 0 Å². The monoisotopic (exact) mass is 1130 g/mol. The molecule has 0 aliphatic rings. The second-order valence-electron chi connectivity index (χ2n) is 11.0. The molecule has 0 aliphatic heterocycles. The average molecular weight is 1130 g/mol. The maximum Gasteiger partial charge on any atom is 0.253 e. The molecule has 0 unspecified atom stereocenters. The molecule has 2 aromatic rings. The number of hydrogen-bond donors (Lipinski definition) is 4. The van der Waals surface area contributed by atoms with E-state index >= 15 is 0 Å². The van der Waals surface area contributed by atoms with Crippen molar-refractivity contribution in [2.75, 3.05) is 50.2 Å². The number of nitrogens with zero attached hydrogens (tertiary/aromatic N) is 1. The molecule has 0 atom stereocenters. The molecule has 49 heavy (non-hydrogen) atoms. The molecule has 0 aromatic heterocycles. The first-order valence-corrected chi connectivity index (χ1v) is 19.7. The number of anilines is 2. The minimum atomic E-state index is -0.519. The number of Topliss-reactive ketones (excluding diaryl/α,β-unsaturated/α-hetero) is 3. The van der Waals surface area contributed by atoms with E-state index in [2.05, 4.69) is 10.6 Å². The van der Waals surface area contributed by atoms with E-state index in [9.17, 15) is 33.9 Å². The molecule has 3 amide bonds. The van der Waals surface area contributed by atoms with Crippen molar-refractivity contribution >= 4 is 137 Å². The van der Waals surface area contributed by atoms with Gasteiger partial charge in [-0.05, 0) is 122 Å². The van der Waals surface area contributed by atoms with E-state index in [0.29, 0.717) is 49.8 Å². The Labute approximate surface area is 340 Å². The second kappa shape index (κ2) is 20.6. The molecule has 0 aliphatic carbocycles. The third-order valence-electron chi connectivity index (χ3n) is 7.62. The molecule has 2 aromatic carbocycles. The highest BCUT2D eigenvalue weighted by Gasteiger charge is 2.30. The SMILES string of the molecule is CCC(=O)c1c(I)c(C(=O)CCC(=O)Nc2c(C)c(C(=O)CCCO)c(I)c(C(=O)NCCOCCN)c2I)c(C)c(N(C)C(C)=O)c1I. The summed E-state index contributed by atoms with van der Waals surface area (Å²) < 4.78 is 7.23.